The van der Waals surface area contributed by atoms with Crippen LogP contribution in [-0.2, 0) is 11.0 Å². The van der Waals surface area contributed by atoms with E-state index >= 15 is 0 Å². The summed E-state index contributed by atoms with van der Waals surface area (Å²) in [6.45, 7) is 0.585. The van der Waals surface area contributed by atoms with Crippen LogP contribution >= 0.6 is 0 Å². The largest absolute Gasteiger partial charge is 0.481 e. The third-order valence-corrected chi connectivity index (χ3v) is 2.67. The molecular weight excluding hydrogens is 247 g/mol. The molecule has 6 heteroatoms. The number of halogens is 3. The molecule has 0 radical (unpaired) electrons. The van der Waals surface area contributed by atoms with E-state index < -0.39 is 17.8 Å². The van der Waals surface area contributed by atoms with E-state index in [-0.39, 0.29) is 11.7 Å². The molecule has 1 fully saturated rings. The summed E-state index contributed by atoms with van der Waals surface area (Å²) in [5, 5.41) is 2.61. The van der Waals surface area contributed by atoms with Crippen LogP contribution in [0.25, 0.3) is 0 Å². The lowest BCUT2D eigenvalue weighted by atomic mass is 10.1. The molecule has 0 aromatic heterocycles. The van der Waals surface area contributed by atoms with Gasteiger partial charge in [0.25, 0.3) is 5.91 Å². The Morgan fingerprint density at radius 1 is 1.33 bits per heavy atom. The van der Waals surface area contributed by atoms with Crippen LogP contribution in [0.15, 0.2) is 24.3 Å². The summed E-state index contributed by atoms with van der Waals surface area (Å²) < 4.78 is 42.8. The summed E-state index contributed by atoms with van der Waals surface area (Å²) in [6.07, 6.45) is -3.84. The molecule has 1 unspecified atom stereocenters. The Morgan fingerprint density at radius 3 is 2.78 bits per heavy atom. The molecule has 1 amide bonds. The van der Waals surface area contributed by atoms with Crippen LogP contribution in [0.1, 0.15) is 18.4 Å². The average molecular weight is 259 g/mol. The normalized spacial score (nSPS) is 20.4. The van der Waals surface area contributed by atoms with Gasteiger partial charge in [0.2, 0.25) is 0 Å². The number of amides is 1. The Bertz CT molecular complexity index is 445. The van der Waals surface area contributed by atoms with E-state index in [1.54, 1.807) is 0 Å². The van der Waals surface area contributed by atoms with E-state index in [1.165, 1.54) is 12.1 Å². The fourth-order valence-electron chi connectivity index (χ4n) is 1.77. The first-order valence-electron chi connectivity index (χ1n) is 5.58. The van der Waals surface area contributed by atoms with Crippen LogP contribution in [0.5, 0.6) is 5.75 Å². The Balaban J connectivity index is 2.12. The average Bonchev–Trinajstić information content (AvgIpc) is 2.31. The minimum Gasteiger partial charge on any atom is -0.481 e. The van der Waals surface area contributed by atoms with Crippen molar-refractivity contribution < 1.29 is 22.7 Å². The zero-order valence-electron chi connectivity index (χ0n) is 9.46. The molecule has 0 bridgehead atoms. The van der Waals surface area contributed by atoms with Crippen molar-refractivity contribution in [1.82, 2.24) is 5.32 Å². The zero-order chi connectivity index (χ0) is 13.2. The lowest BCUT2D eigenvalue weighted by Crippen LogP contribution is -2.43. The van der Waals surface area contributed by atoms with Crippen molar-refractivity contribution in [2.75, 3.05) is 6.54 Å². The van der Waals surface area contributed by atoms with Gasteiger partial charge in [0.05, 0.1) is 5.56 Å². The summed E-state index contributed by atoms with van der Waals surface area (Å²) >= 11 is 0. The SMILES string of the molecule is O=C1NCCCC1Oc1cccc(C(F)(F)F)c1. The number of hydrogen-bond acceptors (Lipinski definition) is 2. The van der Waals surface area contributed by atoms with Crippen LogP contribution in [0, 0.1) is 0 Å². The number of alkyl halides is 3. The second kappa shape index (κ2) is 4.88. The fraction of sp³-hybridized carbons (Fsp3) is 0.417. The van der Waals surface area contributed by atoms with E-state index in [1.807, 2.05) is 0 Å². The third kappa shape index (κ3) is 2.94. The Morgan fingerprint density at radius 2 is 2.11 bits per heavy atom. The summed E-state index contributed by atoms with van der Waals surface area (Å²) in [6, 6.07) is 4.55. The number of piperidine rings is 1. The van der Waals surface area contributed by atoms with Crippen LogP contribution in [0.3, 0.4) is 0 Å². The summed E-state index contributed by atoms with van der Waals surface area (Å²) in [5.74, 6) is -0.217. The first-order valence-corrected chi connectivity index (χ1v) is 5.58. The Labute approximate surface area is 102 Å². The van der Waals surface area contributed by atoms with E-state index in [4.69, 9.17) is 4.74 Å². The van der Waals surface area contributed by atoms with Gasteiger partial charge in [0.1, 0.15) is 5.75 Å². The summed E-state index contributed by atoms with van der Waals surface area (Å²) in [4.78, 5) is 11.4. The number of hydrogen-bond donors (Lipinski definition) is 1. The molecule has 1 N–H and O–H groups in total. The standard InChI is InChI=1S/C12H12F3NO2/c13-12(14,15)8-3-1-4-9(7-8)18-10-5-2-6-16-11(10)17/h1,3-4,7,10H,2,5-6H2,(H,16,17). The maximum atomic E-state index is 12.5. The van der Waals surface area contributed by atoms with Gasteiger partial charge in [-0.1, -0.05) is 6.07 Å². The van der Waals surface area contributed by atoms with Gasteiger partial charge in [-0.15, -0.1) is 0 Å². The molecule has 0 aliphatic carbocycles. The second-order valence-corrected chi connectivity index (χ2v) is 4.07. The molecule has 1 aromatic rings. The Kier molecular flexibility index (Phi) is 3.45. The van der Waals surface area contributed by atoms with Gasteiger partial charge >= 0.3 is 6.18 Å². The van der Waals surface area contributed by atoms with Crippen molar-refractivity contribution in [3.63, 3.8) is 0 Å². The van der Waals surface area contributed by atoms with Crippen LogP contribution < -0.4 is 10.1 Å². The minimum atomic E-state index is -4.41. The quantitative estimate of drug-likeness (QED) is 0.885. The molecule has 1 aliphatic heterocycles. The number of benzene rings is 1. The molecule has 3 nitrogen and oxygen atoms in total. The predicted molar refractivity (Wildman–Crippen MR) is 58.1 cm³/mol. The van der Waals surface area contributed by atoms with Gasteiger partial charge in [-0.2, -0.15) is 13.2 Å². The summed E-state index contributed by atoms with van der Waals surface area (Å²) in [7, 11) is 0. The van der Waals surface area contributed by atoms with E-state index in [0.29, 0.717) is 13.0 Å². The Hall–Kier alpha value is -1.72. The van der Waals surface area contributed by atoms with Gasteiger partial charge in [-0.05, 0) is 31.0 Å². The van der Waals surface area contributed by atoms with E-state index in [2.05, 4.69) is 5.32 Å². The topological polar surface area (TPSA) is 38.3 Å². The van der Waals surface area contributed by atoms with Gasteiger partial charge in [-0.3, -0.25) is 4.79 Å². The molecule has 98 valence electrons. The molecule has 1 saturated heterocycles. The highest BCUT2D eigenvalue weighted by atomic mass is 19.4. The molecule has 1 aliphatic rings. The molecule has 0 spiro atoms. The first-order chi connectivity index (χ1) is 8.47. The number of ether oxygens (including phenoxy) is 1. The molecular formula is C12H12F3NO2. The van der Waals surface area contributed by atoms with Crippen molar-refractivity contribution in [3.05, 3.63) is 29.8 Å². The number of rotatable bonds is 2. The minimum absolute atomic E-state index is 0.0619. The molecule has 1 atom stereocenters. The van der Waals surface area contributed by atoms with Crippen molar-refractivity contribution >= 4 is 5.91 Å². The van der Waals surface area contributed by atoms with E-state index in [0.717, 1.165) is 18.6 Å². The van der Waals surface area contributed by atoms with Gasteiger partial charge < -0.3 is 10.1 Å². The monoisotopic (exact) mass is 259 g/mol. The van der Waals surface area contributed by atoms with Crippen molar-refractivity contribution in [2.45, 2.75) is 25.1 Å². The maximum Gasteiger partial charge on any atom is 0.416 e. The number of nitrogens with one attached hydrogen (secondary N) is 1. The summed E-state index contributed by atoms with van der Waals surface area (Å²) in [5.41, 5.74) is -0.781. The van der Waals surface area contributed by atoms with Gasteiger partial charge in [0.15, 0.2) is 6.10 Å². The first kappa shape index (κ1) is 12.7. The lowest BCUT2D eigenvalue weighted by Gasteiger charge is -2.23. The van der Waals surface area contributed by atoms with Crippen molar-refractivity contribution in [1.29, 1.82) is 0 Å². The van der Waals surface area contributed by atoms with Crippen LogP contribution in [0.4, 0.5) is 13.2 Å². The van der Waals surface area contributed by atoms with Gasteiger partial charge in [-0.25, -0.2) is 0 Å². The molecule has 1 aromatic carbocycles. The third-order valence-electron chi connectivity index (χ3n) is 2.67. The highest BCUT2D eigenvalue weighted by molar-refractivity contribution is 5.81. The number of carbonyl (C=O) groups excluding carboxylic acids is 1. The molecule has 0 saturated carbocycles. The second-order valence-electron chi connectivity index (χ2n) is 4.07. The number of carbonyl (C=O) groups is 1. The van der Waals surface area contributed by atoms with Crippen LogP contribution in [-0.4, -0.2) is 18.6 Å². The highest BCUT2D eigenvalue weighted by Crippen LogP contribution is 2.31. The van der Waals surface area contributed by atoms with Crippen molar-refractivity contribution in [3.8, 4) is 5.75 Å². The van der Waals surface area contributed by atoms with E-state index in [9.17, 15) is 18.0 Å². The zero-order valence-corrected chi connectivity index (χ0v) is 9.46. The highest BCUT2D eigenvalue weighted by Gasteiger charge is 2.31. The smallest absolute Gasteiger partial charge is 0.416 e. The molecule has 2 rings (SSSR count). The van der Waals surface area contributed by atoms with Crippen LogP contribution in [0.2, 0.25) is 0 Å². The van der Waals surface area contributed by atoms with Gasteiger partial charge in [0, 0.05) is 6.54 Å². The van der Waals surface area contributed by atoms with Crippen molar-refractivity contribution in [2.24, 2.45) is 0 Å². The lowest BCUT2D eigenvalue weighted by molar-refractivity contribution is -0.137. The predicted octanol–water partition coefficient (Wildman–Crippen LogP) is 2.36. The fourth-order valence-corrected chi connectivity index (χ4v) is 1.77. The molecule has 1 heterocycles. The maximum absolute atomic E-state index is 12.5. The molecule has 18 heavy (non-hydrogen) atoms.